The van der Waals surface area contributed by atoms with E-state index in [1.165, 1.54) is 12.8 Å². The molecule has 0 unspecified atom stereocenters. The molecule has 0 bridgehead atoms. The van der Waals surface area contributed by atoms with E-state index in [1.54, 1.807) is 24.3 Å². The Morgan fingerprint density at radius 1 is 1.28 bits per heavy atom. The Bertz CT molecular complexity index is 533. The van der Waals surface area contributed by atoms with Crippen molar-refractivity contribution >= 4 is 21.6 Å². The zero-order chi connectivity index (χ0) is 13.2. The first-order chi connectivity index (χ1) is 8.44. The van der Waals surface area contributed by atoms with E-state index in [2.05, 4.69) is 10.0 Å². The minimum Gasteiger partial charge on any atom is -0.352 e. The molecular formula is C12H16N2O3S. The monoisotopic (exact) mass is 268 g/mol. The quantitative estimate of drug-likeness (QED) is 0.842. The Labute approximate surface area is 107 Å². The van der Waals surface area contributed by atoms with Crippen LogP contribution in [0.4, 0.5) is 5.69 Å². The molecular weight excluding hydrogens is 252 g/mol. The maximum Gasteiger partial charge on any atom is 0.251 e. The van der Waals surface area contributed by atoms with Gasteiger partial charge >= 0.3 is 0 Å². The topological polar surface area (TPSA) is 75.3 Å². The second-order valence-corrected chi connectivity index (χ2v) is 6.35. The van der Waals surface area contributed by atoms with Crippen molar-refractivity contribution in [2.24, 2.45) is 5.92 Å². The van der Waals surface area contributed by atoms with E-state index >= 15 is 0 Å². The van der Waals surface area contributed by atoms with Gasteiger partial charge in [0, 0.05) is 17.8 Å². The van der Waals surface area contributed by atoms with Crippen LogP contribution in [0.5, 0.6) is 0 Å². The van der Waals surface area contributed by atoms with Crippen LogP contribution in [0.15, 0.2) is 24.3 Å². The van der Waals surface area contributed by atoms with Gasteiger partial charge in [0.2, 0.25) is 10.0 Å². The minimum atomic E-state index is -3.27. The van der Waals surface area contributed by atoms with Gasteiger partial charge in [0.1, 0.15) is 0 Å². The van der Waals surface area contributed by atoms with E-state index in [9.17, 15) is 13.2 Å². The molecule has 1 saturated carbocycles. The van der Waals surface area contributed by atoms with E-state index < -0.39 is 10.0 Å². The highest BCUT2D eigenvalue weighted by Gasteiger charge is 2.21. The maximum atomic E-state index is 11.7. The average molecular weight is 268 g/mol. The lowest BCUT2D eigenvalue weighted by atomic mass is 10.2. The van der Waals surface area contributed by atoms with Gasteiger partial charge in [-0.2, -0.15) is 0 Å². The number of anilines is 1. The Balaban J connectivity index is 1.95. The third kappa shape index (κ3) is 4.03. The van der Waals surface area contributed by atoms with Crippen LogP contribution in [-0.4, -0.2) is 27.1 Å². The summed E-state index contributed by atoms with van der Waals surface area (Å²) in [5.41, 5.74) is 0.992. The average Bonchev–Trinajstić information content (AvgIpc) is 3.08. The molecule has 6 heteroatoms. The molecule has 1 aliphatic carbocycles. The highest BCUT2D eigenvalue weighted by Crippen LogP contribution is 2.27. The molecule has 0 aromatic heterocycles. The van der Waals surface area contributed by atoms with Gasteiger partial charge in [-0.25, -0.2) is 8.42 Å². The van der Waals surface area contributed by atoms with Gasteiger partial charge in [0.15, 0.2) is 0 Å². The summed E-state index contributed by atoms with van der Waals surface area (Å²) in [6.45, 7) is 0.724. The van der Waals surface area contributed by atoms with Crippen molar-refractivity contribution in [2.45, 2.75) is 12.8 Å². The van der Waals surface area contributed by atoms with Crippen LogP contribution in [0.2, 0.25) is 0 Å². The van der Waals surface area contributed by atoms with Gasteiger partial charge in [-0.05, 0) is 43.0 Å². The highest BCUT2D eigenvalue weighted by atomic mass is 32.2. The summed E-state index contributed by atoms with van der Waals surface area (Å²) in [5.74, 6) is 0.521. The number of hydrogen-bond donors (Lipinski definition) is 2. The Hall–Kier alpha value is -1.56. The van der Waals surface area contributed by atoms with Crippen LogP contribution in [0.3, 0.4) is 0 Å². The number of hydrogen-bond acceptors (Lipinski definition) is 3. The Kier molecular flexibility index (Phi) is 3.56. The first-order valence-electron chi connectivity index (χ1n) is 5.80. The zero-order valence-electron chi connectivity index (χ0n) is 10.1. The van der Waals surface area contributed by atoms with Crippen LogP contribution >= 0.6 is 0 Å². The molecule has 1 fully saturated rings. The molecule has 5 nitrogen and oxygen atoms in total. The fourth-order valence-corrected chi connectivity index (χ4v) is 2.13. The second-order valence-electron chi connectivity index (χ2n) is 4.60. The van der Waals surface area contributed by atoms with E-state index in [4.69, 9.17) is 0 Å². The smallest absolute Gasteiger partial charge is 0.251 e. The molecule has 18 heavy (non-hydrogen) atoms. The summed E-state index contributed by atoms with van der Waals surface area (Å²) in [5, 5.41) is 2.85. The molecule has 0 aliphatic heterocycles. The Morgan fingerprint density at radius 3 is 2.39 bits per heavy atom. The fraction of sp³-hybridized carbons (Fsp3) is 0.417. The predicted octanol–water partition coefficient (Wildman–Crippen LogP) is 1.20. The lowest BCUT2D eigenvalue weighted by Gasteiger charge is -2.06. The summed E-state index contributed by atoms with van der Waals surface area (Å²) >= 11 is 0. The SMILES string of the molecule is CS(=O)(=O)Nc1ccc(C(=O)NCC2CC2)cc1. The molecule has 0 radical (unpaired) electrons. The van der Waals surface area contributed by atoms with E-state index in [-0.39, 0.29) is 5.91 Å². The number of carbonyl (C=O) groups excluding carboxylic acids is 1. The summed E-state index contributed by atoms with van der Waals surface area (Å²) in [4.78, 5) is 11.7. The van der Waals surface area contributed by atoms with Crippen molar-refractivity contribution in [1.29, 1.82) is 0 Å². The lowest BCUT2D eigenvalue weighted by Crippen LogP contribution is -2.25. The van der Waals surface area contributed by atoms with Crippen molar-refractivity contribution in [2.75, 3.05) is 17.5 Å². The largest absolute Gasteiger partial charge is 0.352 e. The zero-order valence-corrected chi connectivity index (χ0v) is 11.0. The van der Waals surface area contributed by atoms with Crippen LogP contribution in [-0.2, 0) is 10.0 Å². The van der Waals surface area contributed by atoms with Gasteiger partial charge in [-0.3, -0.25) is 9.52 Å². The van der Waals surface area contributed by atoms with Crippen molar-refractivity contribution < 1.29 is 13.2 Å². The number of rotatable bonds is 5. The fourth-order valence-electron chi connectivity index (χ4n) is 1.56. The standard InChI is InChI=1S/C12H16N2O3S/c1-18(16,17)14-11-6-4-10(5-7-11)12(15)13-8-9-2-3-9/h4-7,9,14H,2-3,8H2,1H3,(H,13,15). The molecule has 2 rings (SSSR count). The number of nitrogens with one attached hydrogen (secondary N) is 2. The molecule has 0 heterocycles. The number of benzene rings is 1. The normalized spacial score (nSPS) is 15.2. The van der Waals surface area contributed by atoms with Crippen molar-refractivity contribution in [3.05, 3.63) is 29.8 Å². The van der Waals surface area contributed by atoms with E-state index in [0.717, 1.165) is 12.8 Å². The third-order valence-corrected chi connectivity index (χ3v) is 3.31. The molecule has 1 amide bonds. The third-order valence-electron chi connectivity index (χ3n) is 2.70. The molecule has 98 valence electrons. The predicted molar refractivity (Wildman–Crippen MR) is 70.0 cm³/mol. The summed E-state index contributed by atoms with van der Waals surface area (Å²) in [6, 6.07) is 6.37. The minimum absolute atomic E-state index is 0.118. The number of amides is 1. The first-order valence-corrected chi connectivity index (χ1v) is 7.69. The van der Waals surface area contributed by atoms with Gasteiger partial charge in [0.05, 0.1) is 6.26 Å². The van der Waals surface area contributed by atoms with Gasteiger partial charge in [0.25, 0.3) is 5.91 Å². The summed E-state index contributed by atoms with van der Waals surface area (Å²) < 4.78 is 24.4. The molecule has 0 atom stereocenters. The van der Waals surface area contributed by atoms with E-state index in [1.807, 2.05) is 0 Å². The van der Waals surface area contributed by atoms with Gasteiger partial charge in [-0.1, -0.05) is 0 Å². The summed E-state index contributed by atoms with van der Waals surface area (Å²) in [7, 11) is -3.27. The van der Waals surface area contributed by atoms with Crippen LogP contribution in [0.25, 0.3) is 0 Å². The first kappa shape index (κ1) is 12.9. The molecule has 1 aliphatic rings. The van der Waals surface area contributed by atoms with Crippen LogP contribution in [0.1, 0.15) is 23.2 Å². The lowest BCUT2D eigenvalue weighted by molar-refractivity contribution is 0.0952. The van der Waals surface area contributed by atoms with Crippen molar-refractivity contribution in [1.82, 2.24) is 5.32 Å². The molecule has 1 aromatic rings. The summed E-state index contributed by atoms with van der Waals surface area (Å²) in [6.07, 6.45) is 3.47. The van der Waals surface area contributed by atoms with Crippen molar-refractivity contribution in [3.8, 4) is 0 Å². The second kappa shape index (κ2) is 4.97. The van der Waals surface area contributed by atoms with Crippen LogP contribution in [0, 0.1) is 5.92 Å². The van der Waals surface area contributed by atoms with Gasteiger partial charge in [-0.15, -0.1) is 0 Å². The highest BCUT2D eigenvalue weighted by molar-refractivity contribution is 7.92. The van der Waals surface area contributed by atoms with Crippen LogP contribution < -0.4 is 10.0 Å². The van der Waals surface area contributed by atoms with E-state index in [0.29, 0.717) is 17.2 Å². The van der Waals surface area contributed by atoms with Gasteiger partial charge < -0.3 is 5.32 Å². The van der Waals surface area contributed by atoms with Crippen molar-refractivity contribution in [3.63, 3.8) is 0 Å². The number of sulfonamides is 1. The molecule has 0 spiro atoms. The molecule has 2 N–H and O–H groups in total. The molecule has 0 saturated heterocycles. The maximum absolute atomic E-state index is 11.7. The molecule has 1 aromatic carbocycles. The number of carbonyl (C=O) groups is 1. The Morgan fingerprint density at radius 2 is 1.89 bits per heavy atom.